The van der Waals surface area contributed by atoms with Crippen molar-refractivity contribution in [1.82, 2.24) is 19.9 Å². The van der Waals surface area contributed by atoms with E-state index in [1.54, 1.807) is 18.6 Å². The Morgan fingerprint density at radius 2 is 2.23 bits per heavy atom. The Kier molecular flexibility index (Phi) is 4.06. The van der Waals surface area contributed by atoms with E-state index >= 15 is 0 Å². The average Bonchev–Trinajstić information content (AvgIpc) is 2.98. The summed E-state index contributed by atoms with van der Waals surface area (Å²) in [5.74, 6) is -0.159. The van der Waals surface area contributed by atoms with Crippen molar-refractivity contribution < 1.29 is 4.79 Å². The van der Waals surface area contributed by atoms with Gasteiger partial charge in [-0.2, -0.15) is 0 Å². The molecule has 1 N–H and O–H groups in total. The molecule has 5 nitrogen and oxygen atoms in total. The Labute approximate surface area is 133 Å². The smallest absolute Gasteiger partial charge is 0.252 e. The van der Waals surface area contributed by atoms with Gasteiger partial charge in [-0.3, -0.25) is 4.79 Å². The fourth-order valence-electron chi connectivity index (χ4n) is 2.39. The molecule has 1 amide bonds. The number of pyridine rings is 1. The number of para-hydroxylation sites is 1. The van der Waals surface area contributed by atoms with Crippen molar-refractivity contribution in [2.45, 2.75) is 19.5 Å². The minimum Gasteiger partial charge on any atom is -0.348 e. The molecule has 1 unspecified atom stereocenters. The second-order valence-corrected chi connectivity index (χ2v) is 5.53. The maximum atomic E-state index is 12.5. The van der Waals surface area contributed by atoms with E-state index in [0.717, 1.165) is 5.39 Å². The van der Waals surface area contributed by atoms with E-state index < -0.39 is 0 Å². The average molecular weight is 315 g/mol. The second kappa shape index (κ2) is 6.15. The van der Waals surface area contributed by atoms with Crippen LogP contribution in [0.5, 0.6) is 0 Å². The lowest BCUT2D eigenvalue weighted by Crippen LogP contribution is -2.35. The molecule has 0 bridgehead atoms. The summed E-state index contributed by atoms with van der Waals surface area (Å²) < 4.78 is 1.92. The number of imidazole rings is 1. The van der Waals surface area contributed by atoms with Gasteiger partial charge in [-0.1, -0.05) is 29.8 Å². The normalized spacial score (nSPS) is 12.3. The summed E-state index contributed by atoms with van der Waals surface area (Å²) in [6, 6.07) is 9.02. The van der Waals surface area contributed by atoms with Gasteiger partial charge in [-0.25, -0.2) is 9.97 Å². The zero-order valence-electron chi connectivity index (χ0n) is 12.0. The van der Waals surface area contributed by atoms with Crippen molar-refractivity contribution in [3.8, 4) is 0 Å². The number of fused-ring (bicyclic) bond motifs is 1. The third kappa shape index (κ3) is 3.09. The van der Waals surface area contributed by atoms with Crippen LogP contribution in [0.2, 0.25) is 5.15 Å². The molecule has 0 aliphatic carbocycles. The Bertz CT molecular complexity index is 801. The van der Waals surface area contributed by atoms with Gasteiger partial charge in [0.15, 0.2) is 0 Å². The van der Waals surface area contributed by atoms with E-state index in [1.165, 1.54) is 0 Å². The maximum absolute atomic E-state index is 12.5. The number of amides is 1. The van der Waals surface area contributed by atoms with Crippen LogP contribution in [0.4, 0.5) is 0 Å². The van der Waals surface area contributed by atoms with Crippen molar-refractivity contribution in [2.24, 2.45) is 0 Å². The minimum atomic E-state index is -0.159. The predicted octanol–water partition coefficient (Wildman–Crippen LogP) is 2.90. The van der Waals surface area contributed by atoms with Crippen LogP contribution in [0.1, 0.15) is 17.3 Å². The quantitative estimate of drug-likeness (QED) is 0.753. The SMILES string of the molecule is CC(Cn1ccnc1)NC(=O)c1cc(Cl)nc2ccccc12. The lowest BCUT2D eigenvalue weighted by Gasteiger charge is -2.15. The van der Waals surface area contributed by atoms with E-state index in [9.17, 15) is 4.79 Å². The van der Waals surface area contributed by atoms with Crippen LogP contribution in [-0.2, 0) is 6.54 Å². The van der Waals surface area contributed by atoms with E-state index in [-0.39, 0.29) is 11.9 Å². The third-order valence-electron chi connectivity index (χ3n) is 3.35. The third-order valence-corrected chi connectivity index (χ3v) is 3.54. The molecule has 0 fully saturated rings. The molecule has 0 radical (unpaired) electrons. The molecule has 6 heteroatoms. The van der Waals surface area contributed by atoms with Crippen LogP contribution in [0, 0.1) is 0 Å². The second-order valence-electron chi connectivity index (χ2n) is 5.14. The molecule has 0 aliphatic rings. The van der Waals surface area contributed by atoms with E-state index in [1.807, 2.05) is 42.0 Å². The number of aromatic nitrogens is 3. The molecule has 0 saturated carbocycles. The number of carbonyl (C=O) groups excluding carboxylic acids is 1. The molecule has 1 aromatic carbocycles. The highest BCUT2D eigenvalue weighted by atomic mass is 35.5. The Morgan fingerprint density at radius 1 is 1.41 bits per heavy atom. The predicted molar refractivity (Wildman–Crippen MR) is 85.9 cm³/mol. The lowest BCUT2D eigenvalue weighted by molar-refractivity contribution is 0.0938. The number of benzene rings is 1. The van der Waals surface area contributed by atoms with Crippen molar-refractivity contribution >= 4 is 28.4 Å². The summed E-state index contributed by atoms with van der Waals surface area (Å²) in [5.41, 5.74) is 1.25. The first kappa shape index (κ1) is 14.5. The highest BCUT2D eigenvalue weighted by Gasteiger charge is 2.14. The van der Waals surface area contributed by atoms with Crippen LogP contribution in [0.3, 0.4) is 0 Å². The summed E-state index contributed by atoms with van der Waals surface area (Å²) in [5, 5.41) is 4.08. The number of rotatable bonds is 4. The first-order valence-electron chi connectivity index (χ1n) is 6.95. The molecular formula is C16H15ClN4O. The van der Waals surface area contributed by atoms with Crippen molar-refractivity contribution in [3.05, 3.63) is 59.8 Å². The zero-order chi connectivity index (χ0) is 15.5. The van der Waals surface area contributed by atoms with Gasteiger partial charge in [0, 0.05) is 30.4 Å². The van der Waals surface area contributed by atoms with Crippen LogP contribution in [-0.4, -0.2) is 26.5 Å². The largest absolute Gasteiger partial charge is 0.348 e. The fraction of sp³-hybridized carbons (Fsp3) is 0.188. The minimum absolute atomic E-state index is 0.0348. The summed E-state index contributed by atoms with van der Waals surface area (Å²) in [7, 11) is 0. The van der Waals surface area contributed by atoms with Gasteiger partial charge in [-0.15, -0.1) is 0 Å². The number of halogens is 1. The van der Waals surface area contributed by atoms with Crippen molar-refractivity contribution in [1.29, 1.82) is 0 Å². The molecule has 1 atom stereocenters. The fourth-order valence-corrected chi connectivity index (χ4v) is 2.59. The summed E-state index contributed by atoms with van der Waals surface area (Å²) in [6.45, 7) is 2.60. The first-order valence-corrected chi connectivity index (χ1v) is 7.33. The topological polar surface area (TPSA) is 59.8 Å². The van der Waals surface area contributed by atoms with Gasteiger partial charge in [0.2, 0.25) is 0 Å². The van der Waals surface area contributed by atoms with Crippen molar-refractivity contribution in [2.75, 3.05) is 0 Å². The lowest BCUT2D eigenvalue weighted by atomic mass is 10.1. The van der Waals surface area contributed by atoms with Gasteiger partial charge < -0.3 is 9.88 Å². The van der Waals surface area contributed by atoms with Gasteiger partial charge in [0.1, 0.15) is 5.15 Å². The molecular weight excluding hydrogens is 300 g/mol. The highest BCUT2D eigenvalue weighted by Crippen LogP contribution is 2.20. The molecule has 3 rings (SSSR count). The summed E-state index contributed by atoms with van der Waals surface area (Å²) >= 11 is 6.02. The van der Waals surface area contributed by atoms with Gasteiger partial charge in [0.25, 0.3) is 5.91 Å². The Hall–Kier alpha value is -2.40. The molecule has 0 aliphatic heterocycles. The van der Waals surface area contributed by atoms with Crippen molar-refractivity contribution in [3.63, 3.8) is 0 Å². The number of hydrogen-bond acceptors (Lipinski definition) is 3. The van der Waals surface area contributed by atoms with Crippen LogP contribution >= 0.6 is 11.6 Å². The Morgan fingerprint density at radius 3 is 3.00 bits per heavy atom. The van der Waals surface area contributed by atoms with E-state index in [2.05, 4.69) is 15.3 Å². The monoisotopic (exact) mass is 314 g/mol. The van der Waals surface area contributed by atoms with Crippen LogP contribution in [0.25, 0.3) is 10.9 Å². The highest BCUT2D eigenvalue weighted by molar-refractivity contribution is 6.30. The van der Waals surface area contributed by atoms with Crippen LogP contribution < -0.4 is 5.32 Å². The summed E-state index contributed by atoms with van der Waals surface area (Å²) in [6.07, 6.45) is 5.30. The molecule has 0 saturated heterocycles. The molecule has 112 valence electrons. The van der Waals surface area contributed by atoms with Gasteiger partial charge in [0.05, 0.1) is 17.4 Å². The van der Waals surface area contributed by atoms with Gasteiger partial charge in [-0.05, 0) is 19.1 Å². The molecule has 0 spiro atoms. The number of hydrogen-bond donors (Lipinski definition) is 1. The molecule has 2 aromatic heterocycles. The molecule has 2 heterocycles. The first-order chi connectivity index (χ1) is 10.6. The zero-order valence-corrected chi connectivity index (χ0v) is 12.8. The van der Waals surface area contributed by atoms with Crippen LogP contribution in [0.15, 0.2) is 49.1 Å². The van der Waals surface area contributed by atoms with E-state index in [4.69, 9.17) is 11.6 Å². The number of nitrogens with zero attached hydrogens (tertiary/aromatic N) is 3. The molecule has 3 aromatic rings. The van der Waals surface area contributed by atoms with E-state index in [0.29, 0.717) is 22.8 Å². The standard InChI is InChI=1S/C16H15ClN4O/c1-11(9-21-7-6-18-10-21)19-16(22)13-8-15(17)20-14-5-3-2-4-12(13)14/h2-8,10-11H,9H2,1H3,(H,19,22). The number of nitrogens with one attached hydrogen (secondary N) is 1. The Balaban J connectivity index is 1.83. The molecule has 22 heavy (non-hydrogen) atoms. The number of carbonyl (C=O) groups is 1. The summed E-state index contributed by atoms with van der Waals surface area (Å²) in [4.78, 5) is 20.7. The maximum Gasteiger partial charge on any atom is 0.252 e. The van der Waals surface area contributed by atoms with Gasteiger partial charge >= 0.3 is 0 Å².